The van der Waals surface area contributed by atoms with Crippen LogP contribution in [0.15, 0.2) is 90.4 Å². The minimum atomic E-state index is -0.147. The highest BCUT2D eigenvalue weighted by molar-refractivity contribution is 5.68. The summed E-state index contributed by atoms with van der Waals surface area (Å²) in [6.07, 6.45) is 8.29. The minimum absolute atomic E-state index is 0.147. The molecule has 4 aromatic rings. The summed E-state index contributed by atoms with van der Waals surface area (Å²) >= 11 is 0. The summed E-state index contributed by atoms with van der Waals surface area (Å²) in [6.45, 7) is 0. The Morgan fingerprint density at radius 1 is 0.800 bits per heavy atom. The van der Waals surface area contributed by atoms with E-state index < -0.39 is 0 Å². The fraction of sp³-hybridized carbons (Fsp3) is 0. The topological polar surface area (TPSA) is 60.7 Å². The molecule has 5 heteroatoms. The maximum Gasteiger partial charge on any atom is 0.264 e. The molecular formula is C20H14N4O. The molecule has 0 bridgehead atoms. The van der Waals surface area contributed by atoms with Gasteiger partial charge in [0.2, 0.25) is 0 Å². The molecule has 0 N–H and O–H groups in total. The smallest absolute Gasteiger partial charge is 0.264 e. The van der Waals surface area contributed by atoms with Crippen molar-refractivity contribution >= 4 is 0 Å². The SMILES string of the molecule is O=c1c(-c2cnccn2)cc(-c2ccccn2)cn1-c1ccccc1. The van der Waals surface area contributed by atoms with Gasteiger partial charge < -0.3 is 0 Å². The molecule has 3 aromatic heterocycles. The number of aromatic nitrogens is 4. The summed E-state index contributed by atoms with van der Waals surface area (Å²) in [5, 5.41) is 0. The zero-order valence-electron chi connectivity index (χ0n) is 13.3. The van der Waals surface area contributed by atoms with Crippen LogP contribution in [0.5, 0.6) is 0 Å². The molecule has 0 amide bonds. The third-order valence-electron chi connectivity index (χ3n) is 3.85. The van der Waals surface area contributed by atoms with Gasteiger partial charge in [-0.05, 0) is 30.3 Å². The number of para-hydroxylation sites is 1. The second-order valence-electron chi connectivity index (χ2n) is 5.46. The van der Waals surface area contributed by atoms with Crippen LogP contribution in [0.4, 0.5) is 0 Å². The average Bonchev–Trinajstić information content (AvgIpc) is 2.70. The maximum absolute atomic E-state index is 13.0. The van der Waals surface area contributed by atoms with Crippen molar-refractivity contribution in [2.75, 3.05) is 0 Å². The number of benzene rings is 1. The van der Waals surface area contributed by atoms with E-state index in [0.717, 1.165) is 16.9 Å². The first-order chi connectivity index (χ1) is 12.3. The van der Waals surface area contributed by atoms with Crippen LogP contribution in [0.1, 0.15) is 0 Å². The Morgan fingerprint density at radius 3 is 2.32 bits per heavy atom. The van der Waals surface area contributed by atoms with Gasteiger partial charge in [0.15, 0.2) is 0 Å². The first-order valence-electron chi connectivity index (χ1n) is 7.83. The van der Waals surface area contributed by atoms with E-state index in [0.29, 0.717) is 11.3 Å². The van der Waals surface area contributed by atoms with Crippen molar-refractivity contribution in [3.05, 3.63) is 95.9 Å². The highest BCUT2D eigenvalue weighted by atomic mass is 16.1. The van der Waals surface area contributed by atoms with E-state index in [9.17, 15) is 4.79 Å². The Kier molecular flexibility index (Phi) is 3.88. The van der Waals surface area contributed by atoms with Crippen molar-refractivity contribution in [1.29, 1.82) is 0 Å². The lowest BCUT2D eigenvalue weighted by Gasteiger charge is -2.11. The largest absolute Gasteiger partial charge is 0.283 e. The molecule has 0 radical (unpaired) electrons. The van der Waals surface area contributed by atoms with Gasteiger partial charge in [-0.3, -0.25) is 24.3 Å². The van der Waals surface area contributed by atoms with Gasteiger partial charge in [0.1, 0.15) is 0 Å². The van der Waals surface area contributed by atoms with Crippen LogP contribution in [0.25, 0.3) is 28.2 Å². The highest BCUT2D eigenvalue weighted by Crippen LogP contribution is 2.22. The van der Waals surface area contributed by atoms with E-state index in [1.54, 1.807) is 35.6 Å². The summed E-state index contributed by atoms with van der Waals surface area (Å²) in [5.74, 6) is 0. The molecule has 0 atom stereocenters. The fourth-order valence-electron chi connectivity index (χ4n) is 2.66. The molecular weight excluding hydrogens is 312 g/mol. The Labute approximate surface area is 144 Å². The van der Waals surface area contributed by atoms with Gasteiger partial charge in [0.05, 0.1) is 23.1 Å². The Morgan fingerprint density at radius 2 is 1.60 bits per heavy atom. The molecule has 25 heavy (non-hydrogen) atoms. The molecule has 0 saturated carbocycles. The predicted molar refractivity (Wildman–Crippen MR) is 96.3 cm³/mol. The lowest BCUT2D eigenvalue weighted by molar-refractivity contribution is 0.989. The van der Waals surface area contributed by atoms with E-state index >= 15 is 0 Å². The number of hydrogen-bond acceptors (Lipinski definition) is 4. The van der Waals surface area contributed by atoms with Crippen molar-refractivity contribution in [1.82, 2.24) is 19.5 Å². The summed E-state index contributed by atoms with van der Waals surface area (Å²) in [5.41, 5.74) is 3.29. The molecule has 1 aromatic carbocycles. The number of nitrogens with zero attached hydrogens (tertiary/aromatic N) is 4. The zero-order chi connectivity index (χ0) is 17.1. The zero-order valence-corrected chi connectivity index (χ0v) is 13.3. The molecule has 3 heterocycles. The molecule has 0 saturated heterocycles. The van der Waals surface area contributed by atoms with Gasteiger partial charge in [-0.15, -0.1) is 0 Å². The highest BCUT2D eigenvalue weighted by Gasteiger charge is 2.13. The van der Waals surface area contributed by atoms with Gasteiger partial charge in [-0.25, -0.2) is 0 Å². The summed E-state index contributed by atoms with van der Waals surface area (Å²) < 4.78 is 1.62. The average molecular weight is 326 g/mol. The van der Waals surface area contributed by atoms with E-state index in [-0.39, 0.29) is 5.56 Å². The lowest BCUT2D eigenvalue weighted by atomic mass is 10.1. The van der Waals surface area contributed by atoms with Crippen LogP contribution in [0, 0.1) is 0 Å². The van der Waals surface area contributed by atoms with Crippen LogP contribution >= 0.6 is 0 Å². The molecule has 0 spiro atoms. The predicted octanol–water partition coefficient (Wildman–Crippen LogP) is 3.36. The summed E-state index contributed by atoms with van der Waals surface area (Å²) in [4.78, 5) is 25.8. The first-order valence-corrected chi connectivity index (χ1v) is 7.83. The van der Waals surface area contributed by atoms with Crippen LogP contribution < -0.4 is 5.56 Å². The molecule has 0 aliphatic heterocycles. The minimum Gasteiger partial charge on any atom is -0.283 e. The van der Waals surface area contributed by atoms with Crippen molar-refractivity contribution in [2.24, 2.45) is 0 Å². The van der Waals surface area contributed by atoms with E-state index in [2.05, 4.69) is 15.0 Å². The van der Waals surface area contributed by atoms with Crippen LogP contribution in [0.3, 0.4) is 0 Å². The van der Waals surface area contributed by atoms with Crippen LogP contribution in [-0.4, -0.2) is 19.5 Å². The van der Waals surface area contributed by atoms with E-state index in [4.69, 9.17) is 0 Å². The standard InChI is InChI=1S/C20H14N4O/c25-20-17(19-13-21-10-11-23-19)12-15(18-8-4-5-9-22-18)14-24(20)16-6-2-1-3-7-16/h1-14H. The Hall–Kier alpha value is -3.60. The van der Waals surface area contributed by atoms with E-state index in [1.807, 2.05) is 54.6 Å². The lowest BCUT2D eigenvalue weighted by Crippen LogP contribution is -2.20. The van der Waals surface area contributed by atoms with Crippen molar-refractivity contribution in [3.63, 3.8) is 0 Å². The Balaban J connectivity index is 2.00. The fourth-order valence-corrected chi connectivity index (χ4v) is 2.66. The number of hydrogen-bond donors (Lipinski definition) is 0. The summed E-state index contributed by atoms with van der Waals surface area (Å²) in [6, 6.07) is 17.0. The number of pyridine rings is 2. The monoisotopic (exact) mass is 326 g/mol. The molecule has 5 nitrogen and oxygen atoms in total. The molecule has 0 unspecified atom stereocenters. The summed E-state index contributed by atoms with van der Waals surface area (Å²) in [7, 11) is 0. The molecule has 0 fully saturated rings. The van der Waals surface area contributed by atoms with Crippen LogP contribution in [-0.2, 0) is 0 Å². The van der Waals surface area contributed by atoms with Gasteiger partial charge >= 0.3 is 0 Å². The van der Waals surface area contributed by atoms with Gasteiger partial charge in [0, 0.05) is 36.0 Å². The van der Waals surface area contributed by atoms with Gasteiger partial charge in [-0.2, -0.15) is 0 Å². The van der Waals surface area contributed by atoms with Crippen molar-refractivity contribution < 1.29 is 0 Å². The number of rotatable bonds is 3. The van der Waals surface area contributed by atoms with E-state index in [1.165, 1.54) is 0 Å². The molecule has 4 rings (SSSR count). The van der Waals surface area contributed by atoms with Crippen molar-refractivity contribution in [3.8, 4) is 28.2 Å². The van der Waals surface area contributed by atoms with Gasteiger partial charge in [0.25, 0.3) is 5.56 Å². The second-order valence-corrected chi connectivity index (χ2v) is 5.46. The molecule has 0 aliphatic carbocycles. The van der Waals surface area contributed by atoms with Crippen LogP contribution in [0.2, 0.25) is 0 Å². The van der Waals surface area contributed by atoms with Gasteiger partial charge in [-0.1, -0.05) is 24.3 Å². The third kappa shape index (κ3) is 2.95. The normalized spacial score (nSPS) is 10.6. The third-order valence-corrected chi connectivity index (χ3v) is 3.85. The second kappa shape index (κ2) is 6.49. The Bertz CT molecular complexity index is 982. The molecule has 120 valence electrons. The first kappa shape index (κ1) is 15.0. The quantitative estimate of drug-likeness (QED) is 0.579. The maximum atomic E-state index is 13.0. The molecule has 0 aliphatic rings. The van der Waals surface area contributed by atoms with Crippen molar-refractivity contribution in [2.45, 2.75) is 0 Å².